The van der Waals surface area contributed by atoms with Crippen molar-refractivity contribution < 1.29 is 28.6 Å². The van der Waals surface area contributed by atoms with E-state index in [4.69, 9.17) is 14.2 Å². The lowest BCUT2D eigenvalue weighted by Crippen LogP contribution is -2.30. The van der Waals surface area contributed by atoms with E-state index in [1.165, 1.54) is 44.9 Å². The SMILES string of the molecule is CC/C=C/C=C/C=C/C=C/C=C/C=C/C=C/CCCCCC(=O)OCC(COC(=O)CCCCC/C=C/C=C/C=C/C=C/CC)OC(=O)CCC/C=C/C/C=C/C/C=C/CCCCCCCC. The molecule has 0 aliphatic heterocycles. The summed E-state index contributed by atoms with van der Waals surface area (Å²) in [5.41, 5.74) is 0. The van der Waals surface area contributed by atoms with Gasteiger partial charge in [-0.25, -0.2) is 0 Å². The Labute approximate surface area is 409 Å². The van der Waals surface area contributed by atoms with Gasteiger partial charge in [0.05, 0.1) is 0 Å². The molecule has 0 amide bonds. The quantitative estimate of drug-likeness (QED) is 0.0199. The number of ether oxygens (including phenoxy) is 3. The Kier molecular flexibility index (Phi) is 49.2. The maximum absolute atomic E-state index is 12.8. The van der Waals surface area contributed by atoms with E-state index in [1.807, 2.05) is 109 Å². The standard InChI is InChI=1S/C61H90O6/c1-4-7-10-13-16-19-22-25-27-29-30-32-33-36-39-42-45-48-51-54-60(63)66-57-58(56-65-59(62)53-50-47-44-41-38-35-24-21-18-15-12-9-6-3)67-61(64)55-52-49-46-43-40-37-34-31-28-26-23-20-17-14-11-8-5-2/h7,9-10,12-13,15-16,18-19,21-22,24-30,32-39,43,46,58H,4-6,8,11,14,17,20,23,31,40-42,44-45,47-57H2,1-3H3/b10-7+,12-9+,16-13+,18-15+,22-19+,24-21+,27-25+,28-26+,30-29+,33-32+,37-34+,38-35+,39-36+,46-43+. The summed E-state index contributed by atoms with van der Waals surface area (Å²) in [4.78, 5) is 38.0. The van der Waals surface area contributed by atoms with E-state index in [2.05, 4.69) is 81.5 Å². The van der Waals surface area contributed by atoms with Gasteiger partial charge in [-0.3, -0.25) is 14.4 Å². The van der Waals surface area contributed by atoms with Gasteiger partial charge in [-0.15, -0.1) is 0 Å². The first kappa shape index (κ1) is 61.8. The number of allylic oxidation sites excluding steroid dienone is 28. The molecule has 0 aromatic heterocycles. The molecule has 67 heavy (non-hydrogen) atoms. The van der Waals surface area contributed by atoms with Crippen molar-refractivity contribution in [3.05, 3.63) is 170 Å². The number of esters is 3. The molecular formula is C61H90O6. The summed E-state index contributed by atoms with van der Waals surface area (Å²) >= 11 is 0. The van der Waals surface area contributed by atoms with Crippen LogP contribution in [0, 0.1) is 0 Å². The van der Waals surface area contributed by atoms with Gasteiger partial charge >= 0.3 is 17.9 Å². The number of carbonyl (C=O) groups excluding carboxylic acids is 3. The van der Waals surface area contributed by atoms with Crippen LogP contribution in [0.15, 0.2) is 170 Å². The van der Waals surface area contributed by atoms with Crippen molar-refractivity contribution >= 4 is 17.9 Å². The third-order valence-electron chi connectivity index (χ3n) is 9.98. The maximum atomic E-state index is 12.8. The Morgan fingerprint density at radius 2 is 0.657 bits per heavy atom. The first-order chi connectivity index (χ1) is 33.0. The molecule has 0 heterocycles. The van der Waals surface area contributed by atoms with Gasteiger partial charge in [-0.2, -0.15) is 0 Å². The topological polar surface area (TPSA) is 78.9 Å². The highest BCUT2D eigenvalue weighted by atomic mass is 16.6. The maximum Gasteiger partial charge on any atom is 0.306 e. The van der Waals surface area contributed by atoms with Gasteiger partial charge in [0.1, 0.15) is 13.2 Å². The van der Waals surface area contributed by atoms with Crippen molar-refractivity contribution in [3.63, 3.8) is 0 Å². The molecule has 1 atom stereocenters. The lowest BCUT2D eigenvalue weighted by Gasteiger charge is -2.18. The van der Waals surface area contributed by atoms with E-state index in [-0.39, 0.29) is 44.4 Å². The summed E-state index contributed by atoms with van der Waals surface area (Å²) in [6.45, 7) is 6.19. The minimum Gasteiger partial charge on any atom is -0.462 e. The van der Waals surface area contributed by atoms with Crippen LogP contribution in [0.25, 0.3) is 0 Å². The summed E-state index contributed by atoms with van der Waals surface area (Å²) in [5.74, 6) is -1.09. The fraction of sp³-hybridized carbons (Fsp3) is 0.492. The molecule has 0 aromatic rings. The van der Waals surface area contributed by atoms with E-state index < -0.39 is 12.1 Å². The van der Waals surface area contributed by atoms with Crippen molar-refractivity contribution in [2.24, 2.45) is 0 Å². The smallest absolute Gasteiger partial charge is 0.306 e. The third kappa shape index (κ3) is 51.6. The van der Waals surface area contributed by atoms with Gasteiger partial charge in [0.2, 0.25) is 0 Å². The zero-order valence-electron chi connectivity index (χ0n) is 42.1. The molecule has 0 radical (unpaired) electrons. The Hall–Kier alpha value is -5.23. The molecule has 0 aliphatic rings. The molecule has 0 N–H and O–H groups in total. The highest BCUT2D eigenvalue weighted by Crippen LogP contribution is 2.11. The van der Waals surface area contributed by atoms with Gasteiger partial charge in [-0.1, -0.05) is 236 Å². The van der Waals surface area contributed by atoms with E-state index in [1.54, 1.807) is 0 Å². The molecule has 6 nitrogen and oxygen atoms in total. The summed E-state index contributed by atoms with van der Waals surface area (Å²) in [5, 5.41) is 0. The van der Waals surface area contributed by atoms with Crippen molar-refractivity contribution in [2.75, 3.05) is 13.2 Å². The first-order valence-electron chi connectivity index (χ1n) is 25.8. The third-order valence-corrected chi connectivity index (χ3v) is 9.98. The second-order valence-electron chi connectivity index (χ2n) is 16.2. The predicted molar refractivity (Wildman–Crippen MR) is 288 cm³/mol. The highest BCUT2D eigenvalue weighted by Gasteiger charge is 2.19. The molecule has 0 aliphatic carbocycles. The molecule has 370 valence electrons. The van der Waals surface area contributed by atoms with Crippen molar-refractivity contribution in [3.8, 4) is 0 Å². The van der Waals surface area contributed by atoms with Crippen LogP contribution in [0.2, 0.25) is 0 Å². The van der Waals surface area contributed by atoms with Gasteiger partial charge in [0.25, 0.3) is 0 Å². The zero-order chi connectivity index (χ0) is 48.6. The van der Waals surface area contributed by atoms with Crippen LogP contribution in [0.4, 0.5) is 0 Å². The fourth-order valence-electron chi connectivity index (χ4n) is 6.16. The molecule has 1 unspecified atom stereocenters. The monoisotopic (exact) mass is 919 g/mol. The molecule has 0 saturated heterocycles. The summed E-state index contributed by atoms with van der Waals surface area (Å²) in [6, 6.07) is 0. The Morgan fingerprint density at radius 1 is 0.328 bits per heavy atom. The summed E-state index contributed by atoms with van der Waals surface area (Å²) in [7, 11) is 0. The molecule has 0 aromatic carbocycles. The van der Waals surface area contributed by atoms with Gasteiger partial charge in [0.15, 0.2) is 6.10 Å². The van der Waals surface area contributed by atoms with Crippen LogP contribution in [-0.4, -0.2) is 37.2 Å². The van der Waals surface area contributed by atoms with Crippen LogP contribution in [0.1, 0.15) is 175 Å². The minimum absolute atomic E-state index is 0.143. The molecule has 0 rings (SSSR count). The van der Waals surface area contributed by atoms with E-state index in [9.17, 15) is 14.4 Å². The first-order valence-corrected chi connectivity index (χ1v) is 25.8. The van der Waals surface area contributed by atoms with Crippen molar-refractivity contribution in [1.82, 2.24) is 0 Å². The number of unbranched alkanes of at least 4 members (excludes halogenated alkanes) is 13. The zero-order valence-corrected chi connectivity index (χ0v) is 42.1. The Bertz CT molecular complexity index is 1620. The van der Waals surface area contributed by atoms with Gasteiger partial charge in [0, 0.05) is 19.3 Å². The number of rotatable bonds is 43. The van der Waals surface area contributed by atoms with Crippen molar-refractivity contribution in [2.45, 2.75) is 181 Å². The second kappa shape index (κ2) is 53.4. The number of hydrogen-bond acceptors (Lipinski definition) is 6. The number of hydrogen-bond donors (Lipinski definition) is 0. The van der Waals surface area contributed by atoms with Gasteiger partial charge in [-0.05, 0) is 89.9 Å². The lowest BCUT2D eigenvalue weighted by atomic mass is 10.1. The second-order valence-corrected chi connectivity index (χ2v) is 16.2. The number of carbonyl (C=O) groups is 3. The van der Waals surface area contributed by atoms with E-state index in [0.717, 1.165) is 70.6 Å². The fourth-order valence-corrected chi connectivity index (χ4v) is 6.16. The van der Waals surface area contributed by atoms with Crippen LogP contribution in [-0.2, 0) is 28.6 Å². The van der Waals surface area contributed by atoms with Crippen LogP contribution < -0.4 is 0 Å². The molecule has 0 bridgehead atoms. The van der Waals surface area contributed by atoms with Crippen LogP contribution in [0.5, 0.6) is 0 Å². The summed E-state index contributed by atoms with van der Waals surface area (Å²) < 4.78 is 16.7. The Morgan fingerprint density at radius 3 is 1.09 bits per heavy atom. The minimum atomic E-state index is -0.849. The van der Waals surface area contributed by atoms with Crippen LogP contribution >= 0.6 is 0 Å². The predicted octanol–water partition coefficient (Wildman–Crippen LogP) is 17.2. The summed E-state index contributed by atoms with van der Waals surface area (Å²) in [6.07, 6.45) is 79.1. The average molecular weight is 919 g/mol. The molecule has 0 saturated carbocycles. The molecule has 6 heteroatoms. The normalized spacial score (nSPS) is 13.5. The van der Waals surface area contributed by atoms with Crippen molar-refractivity contribution in [1.29, 1.82) is 0 Å². The molecular weight excluding hydrogens is 829 g/mol. The Balaban J connectivity index is 4.67. The van der Waals surface area contributed by atoms with E-state index >= 15 is 0 Å². The lowest BCUT2D eigenvalue weighted by molar-refractivity contribution is -0.167. The molecule has 0 fully saturated rings. The van der Waals surface area contributed by atoms with Gasteiger partial charge < -0.3 is 14.2 Å². The average Bonchev–Trinajstić information content (AvgIpc) is 3.33. The van der Waals surface area contributed by atoms with E-state index in [0.29, 0.717) is 19.3 Å². The molecule has 0 spiro atoms. The van der Waals surface area contributed by atoms with Crippen LogP contribution in [0.3, 0.4) is 0 Å². The highest BCUT2D eigenvalue weighted by molar-refractivity contribution is 5.71. The largest absolute Gasteiger partial charge is 0.462 e.